The Balaban J connectivity index is 1.31. The zero-order valence-electron chi connectivity index (χ0n) is 24.2. The van der Waals surface area contributed by atoms with E-state index in [4.69, 9.17) is 4.98 Å². The monoisotopic (exact) mass is 571 g/mol. The maximum atomic E-state index is 13.4. The van der Waals surface area contributed by atoms with E-state index >= 15 is 0 Å². The molecule has 0 radical (unpaired) electrons. The molecule has 0 saturated carbocycles. The third-order valence-corrected chi connectivity index (χ3v) is 7.67. The number of aromatic amines is 1. The third kappa shape index (κ3) is 5.80. The average molecular weight is 572 g/mol. The molecule has 2 aromatic heterocycles. The first-order valence-corrected chi connectivity index (χ1v) is 14.4. The molecule has 0 aliphatic rings. The number of carbonyl (C=O) groups is 1. The Hall–Kier alpha value is -5.15. The predicted octanol–water partition coefficient (Wildman–Crippen LogP) is 5.66. The van der Waals surface area contributed by atoms with Crippen LogP contribution in [0, 0.1) is 6.92 Å². The van der Waals surface area contributed by atoms with Crippen molar-refractivity contribution in [2.45, 2.75) is 39.3 Å². The highest BCUT2D eigenvalue weighted by Gasteiger charge is 2.19. The number of amides is 1. The number of imidazole rings is 1. The van der Waals surface area contributed by atoms with Crippen LogP contribution in [0.1, 0.15) is 52.3 Å². The van der Waals surface area contributed by atoms with Crippen molar-refractivity contribution in [3.05, 3.63) is 119 Å². The maximum Gasteiger partial charge on any atom is 0.251 e. The highest BCUT2D eigenvalue weighted by Crippen LogP contribution is 2.30. The minimum Gasteiger partial charge on any atom is -0.394 e. The van der Waals surface area contributed by atoms with Crippen molar-refractivity contribution < 1.29 is 9.90 Å². The predicted molar refractivity (Wildman–Crippen MR) is 166 cm³/mol. The maximum absolute atomic E-state index is 13.4. The Bertz CT molecular complexity index is 1850. The van der Waals surface area contributed by atoms with Gasteiger partial charge in [0.2, 0.25) is 5.82 Å². The first-order chi connectivity index (χ1) is 21.1. The number of hydrogen-bond acceptors (Lipinski definition) is 6. The van der Waals surface area contributed by atoms with E-state index in [2.05, 4.69) is 67.8 Å². The molecule has 4 aromatic carbocycles. The normalized spacial score (nSPS) is 12.0. The zero-order valence-corrected chi connectivity index (χ0v) is 24.2. The number of aryl methyl sites for hydroxylation is 2. The second-order valence-corrected chi connectivity index (χ2v) is 10.6. The first-order valence-electron chi connectivity index (χ1n) is 14.4. The molecule has 2 heterocycles. The zero-order chi connectivity index (χ0) is 29.8. The Morgan fingerprint density at radius 3 is 2.42 bits per heavy atom. The van der Waals surface area contributed by atoms with Gasteiger partial charge in [-0.2, -0.15) is 5.21 Å². The van der Waals surface area contributed by atoms with Crippen LogP contribution in [-0.4, -0.2) is 47.8 Å². The Morgan fingerprint density at radius 1 is 0.977 bits per heavy atom. The summed E-state index contributed by atoms with van der Waals surface area (Å²) in [6.45, 7) is 4.56. The quantitative estimate of drug-likeness (QED) is 0.195. The van der Waals surface area contributed by atoms with Gasteiger partial charge in [0.15, 0.2) is 0 Å². The largest absolute Gasteiger partial charge is 0.394 e. The minimum atomic E-state index is -0.492. The van der Waals surface area contributed by atoms with Crippen LogP contribution in [0.15, 0.2) is 91.0 Å². The number of tetrazole rings is 1. The molecule has 1 amide bonds. The summed E-state index contributed by atoms with van der Waals surface area (Å²) >= 11 is 0. The molecular weight excluding hydrogens is 538 g/mol. The molecule has 216 valence electrons. The molecule has 3 N–H and O–H groups in total. The lowest BCUT2D eigenvalue weighted by Gasteiger charge is -2.17. The second kappa shape index (κ2) is 12.4. The van der Waals surface area contributed by atoms with Crippen molar-refractivity contribution in [2.24, 2.45) is 0 Å². The summed E-state index contributed by atoms with van der Waals surface area (Å²) < 4.78 is 2.21. The lowest BCUT2D eigenvalue weighted by Crippen LogP contribution is -2.30. The number of aromatic nitrogens is 6. The van der Waals surface area contributed by atoms with Crippen molar-refractivity contribution in [1.82, 2.24) is 35.5 Å². The average Bonchev–Trinajstić information content (AvgIpc) is 3.70. The molecule has 9 nitrogen and oxygen atoms in total. The van der Waals surface area contributed by atoms with E-state index in [0.717, 1.165) is 63.1 Å². The summed E-state index contributed by atoms with van der Waals surface area (Å²) in [5.74, 6) is 1.31. The van der Waals surface area contributed by atoms with Gasteiger partial charge in [0, 0.05) is 24.1 Å². The van der Waals surface area contributed by atoms with Crippen molar-refractivity contribution >= 4 is 16.9 Å². The number of aliphatic hydroxyl groups excluding tert-OH is 1. The van der Waals surface area contributed by atoms with Gasteiger partial charge in [-0.25, -0.2) is 4.98 Å². The summed E-state index contributed by atoms with van der Waals surface area (Å²) in [6.07, 6.45) is 1.78. The summed E-state index contributed by atoms with van der Waals surface area (Å²) in [7, 11) is 0. The fourth-order valence-electron chi connectivity index (χ4n) is 5.50. The van der Waals surface area contributed by atoms with Gasteiger partial charge < -0.3 is 15.0 Å². The highest BCUT2D eigenvalue weighted by atomic mass is 16.3. The van der Waals surface area contributed by atoms with Crippen molar-refractivity contribution in [3.63, 3.8) is 0 Å². The standard InChI is InChI=1S/C34H33N7O2/c1-3-9-31-36-32-22(2)18-26(34(43)35-29(21-42)25-10-5-4-6-11-25)19-30(32)41(31)20-23-14-16-24(17-15-23)27-12-7-8-13-28(27)33-37-39-40-38-33/h4-8,10-19,29,42H,3,9,20-21H2,1-2H3,(H,35,43)(H,37,38,39,40)/t29-/m0/s1. The number of fused-ring (bicyclic) bond motifs is 1. The number of H-pyrrole nitrogens is 1. The van der Waals surface area contributed by atoms with Crippen LogP contribution in [-0.2, 0) is 13.0 Å². The molecule has 43 heavy (non-hydrogen) atoms. The molecule has 0 aliphatic carbocycles. The van der Waals surface area contributed by atoms with Crippen LogP contribution in [0.4, 0.5) is 0 Å². The van der Waals surface area contributed by atoms with E-state index in [1.54, 1.807) is 0 Å². The van der Waals surface area contributed by atoms with Crippen molar-refractivity contribution in [3.8, 4) is 22.5 Å². The molecule has 1 atom stereocenters. The molecule has 0 unspecified atom stereocenters. The van der Waals surface area contributed by atoms with Gasteiger partial charge in [-0.3, -0.25) is 4.79 Å². The van der Waals surface area contributed by atoms with Gasteiger partial charge >= 0.3 is 0 Å². The van der Waals surface area contributed by atoms with E-state index in [9.17, 15) is 9.90 Å². The number of benzene rings is 4. The van der Waals surface area contributed by atoms with Gasteiger partial charge in [-0.1, -0.05) is 85.8 Å². The topological polar surface area (TPSA) is 122 Å². The van der Waals surface area contributed by atoms with E-state index < -0.39 is 6.04 Å². The lowest BCUT2D eigenvalue weighted by atomic mass is 9.98. The molecule has 6 aromatic rings. The van der Waals surface area contributed by atoms with E-state index in [0.29, 0.717) is 17.9 Å². The number of rotatable bonds is 10. The van der Waals surface area contributed by atoms with Crippen LogP contribution in [0.3, 0.4) is 0 Å². The van der Waals surface area contributed by atoms with Gasteiger partial charge in [0.05, 0.1) is 23.7 Å². The number of nitrogens with one attached hydrogen (secondary N) is 2. The highest BCUT2D eigenvalue weighted by molar-refractivity contribution is 5.98. The molecule has 0 fully saturated rings. The first kappa shape index (κ1) is 28.0. The fraction of sp³-hybridized carbons (Fsp3) is 0.206. The Morgan fingerprint density at radius 2 is 1.72 bits per heavy atom. The smallest absolute Gasteiger partial charge is 0.251 e. The Kier molecular flexibility index (Phi) is 8.06. The van der Waals surface area contributed by atoms with Crippen LogP contribution in [0.5, 0.6) is 0 Å². The van der Waals surface area contributed by atoms with E-state index in [1.807, 2.05) is 67.6 Å². The van der Waals surface area contributed by atoms with E-state index in [-0.39, 0.29) is 12.5 Å². The molecule has 9 heteroatoms. The second-order valence-electron chi connectivity index (χ2n) is 10.6. The molecule has 0 aliphatic heterocycles. The molecule has 0 spiro atoms. The molecule has 0 saturated heterocycles. The van der Waals surface area contributed by atoms with Crippen LogP contribution >= 0.6 is 0 Å². The summed E-state index contributed by atoms with van der Waals surface area (Å²) in [5.41, 5.74) is 8.26. The number of carbonyl (C=O) groups excluding carboxylic acids is 1. The van der Waals surface area contributed by atoms with Crippen LogP contribution in [0.25, 0.3) is 33.5 Å². The molecule has 0 bridgehead atoms. The minimum absolute atomic E-state index is 0.189. The number of aliphatic hydroxyl groups is 1. The molecule has 6 rings (SSSR count). The van der Waals surface area contributed by atoms with E-state index in [1.165, 1.54) is 0 Å². The Labute approximate surface area is 249 Å². The summed E-state index contributed by atoms with van der Waals surface area (Å²) in [5, 5.41) is 27.5. The van der Waals surface area contributed by atoms with Gasteiger partial charge in [-0.05, 0) is 58.5 Å². The van der Waals surface area contributed by atoms with Crippen molar-refractivity contribution in [1.29, 1.82) is 0 Å². The fourth-order valence-corrected chi connectivity index (χ4v) is 5.50. The summed E-state index contributed by atoms with van der Waals surface area (Å²) in [6, 6.07) is 29.3. The summed E-state index contributed by atoms with van der Waals surface area (Å²) in [4.78, 5) is 18.4. The SMILES string of the molecule is CCCc1nc2c(C)cc(C(=O)N[C@@H](CO)c3ccccc3)cc2n1Cc1ccc(-c2ccccc2-c2nn[nH]n2)cc1. The third-order valence-electron chi connectivity index (χ3n) is 7.67. The van der Waals surface area contributed by atoms with Crippen molar-refractivity contribution in [2.75, 3.05) is 6.61 Å². The van der Waals surface area contributed by atoms with Crippen LogP contribution in [0.2, 0.25) is 0 Å². The van der Waals surface area contributed by atoms with Crippen LogP contribution < -0.4 is 5.32 Å². The molecular formula is C34H33N7O2. The number of nitrogens with zero attached hydrogens (tertiary/aromatic N) is 5. The van der Waals surface area contributed by atoms with Gasteiger partial charge in [0.1, 0.15) is 5.82 Å². The number of hydrogen-bond donors (Lipinski definition) is 3. The lowest BCUT2D eigenvalue weighted by molar-refractivity contribution is 0.0916. The van der Waals surface area contributed by atoms with Gasteiger partial charge in [0.25, 0.3) is 5.91 Å². The van der Waals surface area contributed by atoms with Gasteiger partial charge in [-0.15, -0.1) is 10.2 Å².